The van der Waals surface area contributed by atoms with Gasteiger partial charge in [-0.25, -0.2) is 0 Å². The maximum atomic E-state index is 13.7. The summed E-state index contributed by atoms with van der Waals surface area (Å²) in [6.45, 7) is 0.755. The van der Waals surface area contributed by atoms with Gasteiger partial charge in [-0.3, -0.25) is 19.3 Å². The molecule has 0 saturated heterocycles. The lowest BCUT2D eigenvalue weighted by Gasteiger charge is -2.41. The number of benzene rings is 2. The number of para-hydroxylation sites is 1. The molecule has 186 valence electrons. The molecule has 9 heteroatoms. The van der Waals surface area contributed by atoms with Gasteiger partial charge in [0.15, 0.2) is 11.5 Å². The van der Waals surface area contributed by atoms with Crippen LogP contribution in [-0.2, 0) is 18.4 Å². The van der Waals surface area contributed by atoms with Crippen LogP contribution in [0.5, 0.6) is 11.5 Å². The third-order valence-electron chi connectivity index (χ3n) is 6.80. The van der Waals surface area contributed by atoms with Crippen LogP contribution in [0.15, 0.2) is 54.7 Å². The first-order valence-electron chi connectivity index (χ1n) is 11.8. The predicted molar refractivity (Wildman–Crippen MR) is 133 cm³/mol. The third-order valence-corrected chi connectivity index (χ3v) is 6.80. The summed E-state index contributed by atoms with van der Waals surface area (Å²) in [5, 5.41) is 2.93. The second-order valence-electron chi connectivity index (χ2n) is 8.82. The summed E-state index contributed by atoms with van der Waals surface area (Å²) in [7, 11) is 4.94. The molecule has 3 amide bonds. The number of anilines is 1. The topological polar surface area (TPSA) is 93.1 Å². The number of hydrogen-bond acceptors (Lipinski definition) is 5. The van der Waals surface area contributed by atoms with Gasteiger partial charge in [-0.1, -0.05) is 18.2 Å². The van der Waals surface area contributed by atoms with Gasteiger partial charge in [0.2, 0.25) is 5.91 Å². The van der Waals surface area contributed by atoms with Crippen molar-refractivity contribution >= 4 is 23.4 Å². The number of carbonyl (C=O) groups excluding carboxylic acids is 3. The maximum Gasteiger partial charge on any atom is 0.264 e. The average molecular weight is 489 g/mol. The van der Waals surface area contributed by atoms with Crippen LogP contribution in [0, 0.1) is 0 Å². The van der Waals surface area contributed by atoms with Gasteiger partial charge in [0.1, 0.15) is 6.17 Å². The fraction of sp³-hybridized carbons (Fsp3) is 0.296. The van der Waals surface area contributed by atoms with Gasteiger partial charge in [-0.05, 0) is 36.8 Å². The molecule has 0 fully saturated rings. The van der Waals surface area contributed by atoms with Gasteiger partial charge in [0, 0.05) is 37.5 Å². The Bertz CT molecular complexity index is 1350. The molecular formula is C27H28N4O5. The Morgan fingerprint density at radius 2 is 1.81 bits per heavy atom. The fourth-order valence-electron chi connectivity index (χ4n) is 5.02. The number of carbonyl (C=O) groups is 3. The highest BCUT2D eigenvalue weighted by Crippen LogP contribution is 2.49. The van der Waals surface area contributed by atoms with Crippen molar-refractivity contribution < 1.29 is 23.9 Å². The first-order chi connectivity index (χ1) is 17.5. The minimum absolute atomic E-state index is 0.0905. The Morgan fingerprint density at radius 1 is 1.00 bits per heavy atom. The zero-order valence-corrected chi connectivity index (χ0v) is 20.5. The molecule has 2 aliphatic rings. The van der Waals surface area contributed by atoms with E-state index in [4.69, 9.17) is 9.47 Å². The van der Waals surface area contributed by atoms with Crippen molar-refractivity contribution in [2.75, 3.05) is 25.7 Å². The monoisotopic (exact) mass is 488 g/mol. The summed E-state index contributed by atoms with van der Waals surface area (Å²) in [6.07, 6.45) is 2.02. The first kappa shape index (κ1) is 23.5. The number of fused-ring (bicyclic) bond motifs is 5. The summed E-state index contributed by atoms with van der Waals surface area (Å²) >= 11 is 0. The van der Waals surface area contributed by atoms with Crippen molar-refractivity contribution in [3.8, 4) is 11.5 Å². The number of hydrogen-bond donors (Lipinski definition) is 1. The normalized spacial score (nSPS) is 15.9. The molecule has 1 atom stereocenters. The highest BCUT2D eigenvalue weighted by molar-refractivity contribution is 6.18. The van der Waals surface area contributed by atoms with E-state index < -0.39 is 6.17 Å². The van der Waals surface area contributed by atoms with E-state index in [2.05, 4.69) is 5.32 Å². The molecule has 0 saturated carbocycles. The Kier molecular flexibility index (Phi) is 6.13. The number of methoxy groups -OCH3 is 2. The summed E-state index contributed by atoms with van der Waals surface area (Å²) in [4.78, 5) is 43.1. The van der Waals surface area contributed by atoms with Crippen LogP contribution in [0.4, 0.5) is 5.69 Å². The molecule has 5 rings (SSSR count). The molecule has 3 aromatic rings. The van der Waals surface area contributed by atoms with Crippen molar-refractivity contribution in [2.45, 2.75) is 25.6 Å². The lowest BCUT2D eigenvalue weighted by molar-refractivity contribution is -0.121. The average Bonchev–Trinajstić information content (AvgIpc) is 3.44. The minimum atomic E-state index is -0.624. The molecule has 0 spiro atoms. The van der Waals surface area contributed by atoms with Crippen LogP contribution in [0.25, 0.3) is 0 Å². The molecule has 0 radical (unpaired) electrons. The molecule has 36 heavy (non-hydrogen) atoms. The number of aryl methyl sites for hydroxylation is 1. The Morgan fingerprint density at radius 3 is 2.53 bits per heavy atom. The number of amides is 3. The van der Waals surface area contributed by atoms with Gasteiger partial charge in [-0.2, -0.15) is 0 Å². The van der Waals surface area contributed by atoms with Gasteiger partial charge in [0.05, 0.1) is 37.6 Å². The number of nitrogens with one attached hydrogen (secondary N) is 1. The second-order valence-corrected chi connectivity index (χ2v) is 8.82. The van der Waals surface area contributed by atoms with E-state index in [1.54, 1.807) is 40.1 Å². The second kappa shape index (κ2) is 9.41. The van der Waals surface area contributed by atoms with E-state index >= 15 is 0 Å². The molecule has 1 aromatic heterocycles. The van der Waals surface area contributed by atoms with Crippen molar-refractivity contribution in [3.05, 3.63) is 77.1 Å². The fourth-order valence-corrected chi connectivity index (χ4v) is 5.02. The molecule has 0 unspecified atom stereocenters. The standard InChI is InChI=1S/C27H28N4O5/c1-29-14-6-8-17(29)16-28-22(32)11-7-15-30-25-19-12-13-21(35-2)24(36-3)23(19)27(34)31(25)20-10-5-4-9-18(20)26(30)33/h4-6,8-10,12-14,25H,7,11,15-16H2,1-3H3,(H,28,32)/t25-/m1/s1. The number of rotatable bonds is 8. The summed E-state index contributed by atoms with van der Waals surface area (Å²) < 4.78 is 12.9. The molecule has 2 aromatic carbocycles. The molecular weight excluding hydrogens is 460 g/mol. The highest BCUT2D eigenvalue weighted by atomic mass is 16.5. The van der Waals surface area contributed by atoms with E-state index in [1.807, 2.05) is 36.0 Å². The van der Waals surface area contributed by atoms with E-state index in [1.165, 1.54) is 14.2 Å². The third kappa shape index (κ3) is 3.77. The summed E-state index contributed by atoms with van der Waals surface area (Å²) in [5.41, 5.74) is 3.08. The predicted octanol–water partition coefficient (Wildman–Crippen LogP) is 3.25. The quantitative estimate of drug-likeness (QED) is 0.526. The molecule has 3 heterocycles. The molecule has 0 bridgehead atoms. The Balaban J connectivity index is 1.40. The lowest BCUT2D eigenvalue weighted by Crippen LogP contribution is -2.48. The minimum Gasteiger partial charge on any atom is -0.493 e. The highest BCUT2D eigenvalue weighted by Gasteiger charge is 2.49. The SMILES string of the molecule is COc1ccc2c(c1OC)C(=O)N1c3ccccc3C(=O)N(CCCC(=O)NCc3cccn3C)[C@@H]21. The zero-order chi connectivity index (χ0) is 25.4. The maximum absolute atomic E-state index is 13.7. The number of aromatic nitrogens is 1. The molecule has 0 aliphatic carbocycles. The molecule has 9 nitrogen and oxygen atoms in total. The van der Waals surface area contributed by atoms with Gasteiger partial charge in [0.25, 0.3) is 11.8 Å². The molecule has 2 aliphatic heterocycles. The van der Waals surface area contributed by atoms with Gasteiger partial charge in [-0.15, -0.1) is 0 Å². The smallest absolute Gasteiger partial charge is 0.264 e. The number of ether oxygens (including phenoxy) is 2. The van der Waals surface area contributed by atoms with Crippen molar-refractivity contribution in [2.24, 2.45) is 7.05 Å². The van der Waals surface area contributed by atoms with E-state index in [0.29, 0.717) is 53.4 Å². The van der Waals surface area contributed by atoms with Gasteiger partial charge < -0.3 is 24.3 Å². The Hall–Kier alpha value is -4.27. The van der Waals surface area contributed by atoms with Gasteiger partial charge >= 0.3 is 0 Å². The zero-order valence-electron chi connectivity index (χ0n) is 20.5. The van der Waals surface area contributed by atoms with Crippen molar-refractivity contribution in [1.82, 2.24) is 14.8 Å². The Labute approximate surface area is 209 Å². The van der Waals surface area contributed by atoms with Crippen LogP contribution in [0.1, 0.15) is 51.0 Å². The lowest BCUT2D eigenvalue weighted by atomic mass is 10.0. The van der Waals surface area contributed by atoms with Crippen molar-refractivity contribution in [1.29, 1.82) is 0 Å². The number of nitrogens with zero attached hydrogens (tertiary/aromatic N) is 3. The van der Waals surface area contributed by atoms with Crippen LogP contribution in [0.2, 0.25) is 0 Å². The van der Waals surface area contributed by atoms with Crippen LogP contribution in [-0.4, -0.2) is 48.0 Å². The van der Waals surface area contributed by atoms with Crippen molar-refractivity contribution in [3.63, 3.8) is 0 Å². The summed E-state index contributed by atoms with van der Waals surface area (Å²) in [5.74, 6) is 0.277. The van der Waals surface area contributed by atoms with Crippen LogP contribution in [0.3, 0.4) is 0 Å². The van der Waals surface area contributed by atoms with Crippen LogP contribution >= 0.6 is 0 Å². The first-order valence-corrected chi connectivity index (χ1v) is 11.8. The van der Waals surface area contributed by atoms with E-state index in [-0.39, 0.29) is 24.1 Å². The van der Waals surface area contributed by atoms with E-state index in [9.17, 15) is 14.4 Å². The molecule has 1 N–H and O–H groups in total. The van der Waals surface area contributed by atoms with E-state index in [0.717, 1.165) is 5.69 Å². The van der Waals surface area contributed by atoms with Crippen LogP contribution < -0.4 is 19.7 Å². The largest absolute Gasteiger partial charge is 0.493 e. The summed E-state index contributed by atoms with van der Waals surface area (Å²) in [6, 6.07) is 14.5.